The van der Waals surface area contributed by atoms with E-state index in [1.54, 1.807) is 13.3 Å². The van der Waals surface area contributed by atoms with Crippen LogP contribution in [0.2, 0.25) is 0 Å². The van der Waals surface area contributed by atoms with Crippen LogP contribution in [-0.4, -0.2) is 25.2 Å². The number of nitrogens with one attached hydrogen (secondary N) is 1. The Morgan fingerprint density at radius 3 is 2.60 bits per heavy atom. The van der Waals surface area contributed by atoms with Crippen LogP contribution in [0.5, 0.6) is 11.6 Å². The van der Waals surface area contributed by atoms with Gasteiger partial charge in [0.2, 0.25) is 5.88 Å². The van der Waals surface area contributed by atoms with Gasteiger partial charge < -0.3 is 14.8 Å². The summed E-state index contributed by atoms with van der Waals surface area (Å²) in [6.07, 6.45) is 6.28. The number of ether oxygens (including phenoxy) is 2. The van der Waals surface area contributed by atoms with E-state index < -0.39 is 0 Å². The lowest BCUT2D eigenvalue weighted by atomic mass is 10.0. The van der Waals surface area contributed by atoms with E-state index in [2.05, 4.69) is 28.5 Å². The van der Waals surface area contributed by atoms with Crippen LogP contribution in [0.3, 0.4) is 0 Å². The molecule has 25 heavy (non-hydrogen) atoms. The summed E-state index contributed by atoms with van der Waals surface area (Å²) in [7, 11) is 1.67. The third kappa shape index (κ3) is 6.33. The first-order valence-corrected chi connectivity index (χ1v) is 8.95. The first kappa shape index (κ1) is 19.2. The minimum Gasteiger partial charge on any atom is -0.439 e. The normalized spacial score (nSPS) is 13.6. The Morgan fingerprint density at radius 1 is 1.12 bits per heavy atom. The predicted octanol–water partition coefficient (Wildman–Crippen LogP) is 4.81. The van der Waals surface area contributed by atoms with Crippen LogP contribution in [0.25, 0.3) is 6.08 Å². The molecule has 1 aromatic heterocycles. The zero-order valence-electron chi connectivity index (χ0n) is 15.4. The third-order valence-electron chi connectivity index (χ3n) is 3.81. The molecule has 1 saturated heterocycles. The van der Waals surface area contributed by atoms with Crippen LogP contribution >= 0.6 is 0 Å². The fourth-order valence-corrected chi connectivity index (χ4v) is 2.64. The lowest BCUT2D eigenvalue weighted by Crippen LogP contribution is -2.22. The van der Waals surface area contributed by atoms with Crippen LogP contribution in [0.15, 0.2) is 48.2 Å². The number of pyridine rings is 1. The molecule has 3 rings (SSSR count). The summed E-state index contributed by atoms with van der Waals surface area (Å²) in [5.41, 5.74) is 3.70. The summed E-state index contributed by atoms with van der Waals surface area (Å²) in [4.78, 5) is 4.31. The monoisotopic (exact) mass is 340 g/mol. The molecule has 0 radical (unpaired) electrons. The second kappa shape index (κ2) is 10.6. The lowest BCUT2D eigenvalue weighted by Gasteiger charge is -2.15. The molecule has 4 heteroatoms. The highest BCUT2D eigenvalue weighted by molar-refractivity contribution is 5.55. The van der Waals surface area contributed by atoms with E-state index in [4.69, 9.17) is 9.47 Å². The van der Waals surface area contributed by atoms with E-state index in [-0.39, 0.29) is 0 Å². The number of piperidine rings is 1. The smallest absolute Gasteiger partial charge is 0.219 e. The molecule has 0 spiro atoms. The van der Waals surface area contributed by atoms with Gasteiger partial charge in [0.15, 0.2) is 0 Å². The quantitative estimate of drug-likeness (QED) is 0.848. The number of benzene rings is 1. The molecule has 0 atom stereocenters. The Bertz CT molecular complexity index is 658. The van der Waals surface area contributed by atoms with Gasteiger partial charge in [-0.3, -0.25) is 0 Å². The molecule has 0 unspecified atom stereocenters. The summed E-state index contributed by atoms with van der Waals surface area (Å²) in [5, 5.41) is 3.38. The summed E-state index contributed by atoms with van der Waals surface area (Å²) in [6.45, 7) is 6.70. The molecule has 1 aliphatic rings. The summed E-state index contributed by atoms with van der Waals surface area (Å²) < 4.78 is 10.9. The first-order valence-electron chi connectivity index (χ1n) is 8.95. The van der Waals surface area contributed by atoms with Gasteiger partial charge in [0.25, 0.3) is 0 Å². The average molecular weight is 340 g/mol. The maximum atomic E-state index is 5.85. The molecule has 0 bridgehead atoms. The van der Waals surface area contributed by atoms with E-state index >= 15 is 0 Å². The highest BCUT2D eigenvalue weighted by atomic mass is 16.5. The minimum absolute atomic E-state index is 0.561. The molecule has 134 valence electrons. The van der Waals surface area contributed by atoms with Gasteiger partial charge in [-0.25, -0.2) is 4.98 Å². The van der Waals surface area contributed by atoms with E-state index in [0.717, 1.165) is 37.2 Å². The fourth-order valence-electron chi connectivity index (χ4n) is 2.64. The highest BCUT2D eigenvalue weighted by Gasteiger charge is 2.05. The maximum Gasteiger partial charge on any atom is 0.219 e. The fraction of sp³-hybridized carbons (Fsp3) is 0.381. The number of methoxy groups -OCH3 is 1. The standard InChI is InChI=1S/C19H22N2O2.C2H6/c1-22-14-17-5-6-19(21-13-17)23-18-4-2-3-16(12-18)11-15-7-9-20-10-8-15;1-2/h2-6,11-13,20H,7-10,14H2,1H3;1-2H3. The van der Waals surface area contributed by atoms with Crippen molar-refractivity contribution in [1.82, 2.24) is 10.3 Å². The van der Waals surface area contributed by atoms with Crippen molar-refractivity contribution in [2.24, 2.45) is 0 Å². The molecule has 0 aliphatic carbocycles. The van der Waals surface area contributed by atoms with Crippen LogP contribution in [0, 0.1) is 0 Å². The van der Waals surface area contributed by atoms with Crippen LogP contribution < -0.4 is 10.1 Å². The van der Waals surface area contributed by atoms with Gasteiger partial charge in [0.1, 0.15) is 5.75 Å². The van der Waals surface area contributed by atoms with Crippen molar-refractivity contribution in [3.05, 3.63) is 59.3 Å². The Balaban J connectivity index is 0.00000109. The predicted molar refractivity (Wildman–Crippen MR) is 103 cm³/mol. The second-order valence-electron chi connectivity index (χ2n) is 5.66. The zero-order valence-corrected chi connectivity index (χ0v) is 15.4. The summed E-state index contributed by atoms with van der Waals surface area (Å²) in [6, 6.07) is 12.0. The largest absolute Gasteiger partial charge is 0.439 e. The van der Waals surface area contributed by atoms with Crippen LogP contribution in [0.1, 0.15) is 37.8 Å². The number of hydrogen-bond donors (Lipinski definition) is 1. The molecule has 0 amide bonds. The van der Waals surface area contributed by atoms with E-state index in [9.17, 15) is 0 Å². The van der Waals surface area contributed by atoms with Crippen molar-refractivity contribution >= 4 is 6.08 Å². The molecule has 1 fully saturated rings. The molecule has 1 aliphatic heterocycles. The van der Waals surface area contributed by atoms with Gasteiger partial charge in [-0.2, -0.15) is 0 Å². The van der Waals surface area contributed by atoms with Crippen molar-refractivity contribution < 1.29 is 9.47 Å². The molecule has 1 N–H and O–H groups in total. The van der Waals surface area contributed by atoms with E-state index in [1.165, 1.54) is 11.1 Å². The van der Waals surface area contributed by atoms with E-state index in [1.807, 2.05) is 38.1 Å². The second-order valence-corrected chi connectivity index (χ2v) is 5.66. The zero-order chi connectivity index (χ0) is 17.9. The number of aromatic nitrogens is 1. The topological polar surface area (TPSA) is 43.4 Å². The molecule has 2 aromatic rings. The number of hydrogen-bond acceptors (Lipinski definition) is 4. The number of rotatable bonds is 5. The van der Waals surface area contributed by atoms with Crippen molar-refractivity contribution in [3.63, 3.8) is 0 Å². The van der Waals surface area contributed by atoms with Gasteiger partial charge >= 0.3 is 0 Å². The van der Waals surface area contributed by atoms with Gasteiger partial charge in [0.05, 0.1) is 6.61 Å². The Labute approximate surface area is 150 Å². The van der Waals surface area contributed by atoms with Gasteiger partial charge in [-0.1, -0.05) is 37.6 Å². The minimum atomic E-state index is 0.561. The summed E-state index contributed by atoms with van der Waals surface area (Å²) in [5.74, 6) is 1.40. The molecule has 4 nitrogen and oxygen atoms in total. The Kier molecular flexibility index (Phi) is 8.16. The SMILES string of the molecule is CC.COCc1ccc(Oc2cccc(C=C3CCNCC3)c2)nc1. The third-order valence-corrected chi connectivity index (χ3v) is 3.81. The highest BCUT2D eigenvalue weighted by Crippen LogP contribution is 2.23. The maximum absolute atomic E-state index is 5.85. The Hall–Kier alpha value is -2.17. The van der Waals surface area contributed by atoms with Crippen LogP contribution in [-0.2, 0) is 11.3 Å². The summed E-state index contributed by atoms with van der Waals surface area (Å²) >= 11 is 0. The molecule has 1 aromatic carbocycles. The Morgan fingerprint density at radius 2 is 1.92 bits per heavy atom. The van der Waals surface area contributed by atoms with Gasteiger partial charge in [-0.15, -0.1) is 0 Å². The van der Waals surface area contributed by atoms with Gasteiger partial charge in [-0.05, 0) is 55.3 Å². The number of nitrogens with zero attached hydrogens (tertiary/aromatic N) is 1. The van der Waals surface area contributed by atoms with Crippen molar-refractivity contribution in [3.8, 4) is 11.6 Å². The molecule has 2 heterocycles. The van der Waals surface area contributed by atoms with Crippen LogP contribution in [0.4, 0.5) is 0 Å². The van der Waals surface area contributed by atoms with Gasteiger partial charge in [0, 0.05) is 19.4 Å². The van der Waals surface area contributed by atoms with Crippen molar-refractivity contribution in [1.29, 1.82) is 0 Å². The van der Waals surface area contributed by atoms with E-state index in [0.29, 0.717) is 12.5 Å². The van der Waals surface area contributed by atoms with Crippen molar-refractivity contribution in [2.75, 3.05) is 20.2 Å². The average Bonchev–Trinajstić information content (AvgIpc) is 2.66. The molecular weight excluding hydrogens is 312 g/mol. The molecular formula is C21H28N2O2. The molecule has 0 saturated carbocycles. The lowest BCUT2D eigenvalue weighted by molar-refractivity contribution is 0.184. The first-order chi connectivity index (χ1) is 12.3. The van der Waals surface area contributed by atoms with Crippen molar-refractivity contribution in [2.45, 2.75) is 33.3 Å².